The molecular weight excluding hydrogens is 274 g/mol. The molecule has 1 fully saturated rings. The summed E-state index contributed by atoms with van der Waals surface area (Å²) in [7, 11) is 0. The highest BCUT2D eigenvalue weighted by atomic mass is 32.1. The van der Waals surface area contributed by atoms with Crippen LogP contribution in [0.1, 0.15) is 70.1 Å². The maximum Gasteiger partial charge on any atom is 0.00955 e. The summed E-state index contributed by atoms with van der Waals surface area (Å²) in [4.78, 5) is 1.55. The van der Waals surface area contributed by atoms with Crippen LogP contribution in [0.4, 0.5) is 0 Å². The lowest BCUT2D eigenvalue weighted by Crippen LogP contribution is -2.39. The van der Waals surface area contributed by atoms with Crippen LogP contribution in [-0.4, -0.2) is 12.6 Å². The second kappa shape index (κ2) is 9.63. The van der Waals surface area contributed by atoms with Crippen LogP contribution in [0.25, 0.3) is 0 Å². The highest BCUT2D eigenvalue weighted by molar-refractivity contribution is 7.09. The smallest absolute Gasteiger partial charge is 0.00955 e. The molecule has 0 saturated heterocycles. The van der Waals surface area contributed by atoms with Gasteiger partial charge in [0.25, 0.3) is 0 Å². The molecule has 1 aliphatic carbocycles. The Morgan fingerprint density at radius 1 is 1.33 bits per heavy atom. The fourth-order valence-corrected chi connectivity index (χ4v) is 4.61. The van der Waals surface area contributed by atoms with E-state index in [-0.39, 0.29) is 0 Å². The molecule has 2 heteroatoms. The summed E-state index contributed by atoms with van der Waals surface area (Å²) in [6.07, 6.45) is 12.5. The van der Waals surface area contributed by atoms with E-state index in [1.165, 1.54) is 64.3 Å². The number of hydrogen-bond donors (Lipinski definition) is 1. The fraction of sp³-hybridized carbons (Fsp3) is 0.789. The van der Waals surface area contributed by atoms with Crippen molar-refractivity contribution in [2.24, 2.45) is 11.8 Å². The number of nitrogens with one attached hydrogen (secondary N) is 1. The Morgan fingerprint density at radius 3 is 2.95 bits per heavy atom. The molecule has 3 atom stereocenters. The summed E-state index contributed by atoms with van der Waals surface area (Å²) in [5.74, 6) is 1.92. The Hall–Kier alpha value is -0.340. The molecule has 2 rings (SSSR count). The van der Waals surface area contributed by atoms with E-state index >= 15 is 0 Å². The summed E-state index contributed by atoms with van der Waals surface area (Å²) in [5, 5.41) is 6.07. The molecule has 0 amide bonds. The van der Waals surface area contributed by atoms with Crippen molar-refractivity contribution in [2.45, 2.75) is 77.7 Å². The summed E-state index contributed by atoms with van der Waals surface area (Å²) in [5.41, 5.74) is 0. The van der Waals surface area contributed by atoms with Crippen molar-refractivity contribution in [3.05, 3.63) is 22.4 Å². The van der Waals surface area contributed by atoms with Crippen LogP contribution in [0.3, 0.4) is 0 Å². The van der Waals surface area contributed by atoms with E-state index in [1.807, 2.05) is 11.3 Å². The fourth-order valence-electron chi connectivity index (χ4n) is 3.85. The summed E-state index contributed by atoms with van der Waals surface area (Å²) in [6.45, 7) is 5.85. The largest absolute Gasteiger partial charge is 0.314 e. The first-order valence-corrected chi connectivity index (χ1v) is 9.97. The number of aryl methyl sites for hydroxylation is 1. The van der Waals surface area contributed by atoms with Gasteiger partial charge in [-0.15, -0.1) is 11.3 Å². The molecule has 3 unspecified atom stereocenters. The Labute approximate surface area is 135 Å². The average molecular weight is 308 g/mol. The Kier molecular flexibility index (Phi) is 7.81. The van der Waals surface area contributed by atoms with Gasteiger partial charge >= 0.3 is 0 Å². The van der Waals surface area contributed by atoms with Crippen molar-refractivity contribution in [1.82, 2.24) is 5.32 Å². The molecule has 21 heavy (non-hydrogen) atoms. The van der Waals surface area contributed by atoms with Crippen molar-refractivity contribution < 1.29 is 0 Å². The zero-order valence-electron chi connectivity index (χ0n) is 13.9. The molecule has 0 bridgehead atoms. The standard InChI is InChI=1S/C19H33NS/c1-3-13-20-19(12-6-10-18-11-7-14-21-18)17-9-5-8-16(4-2)15-17/h7,11,14,16-17,19-20H,3-6,8-10,12-13,15H2,1-2H3. The lowest BCUT2D eigenvalue weighted by Gasteiger charge is -2.35. The lowest BCUT2D eigenvalue weighted by atomic mass is 9.75. The second-order valence-corrected chi connectivity index (χ2v) is 7.77. The normalized spacial score (nSPS) is 24.1. The van der Waals surface area contributed by atoms with Crippen molar-refractivity contribution >= 4 is 11.3 Å². The molecule has 0 aromatic carbocycles. The van der Waals surface area contributed by atoms with Crippen molar-refractivity contribution in [2.75, 3.05) is 6.54 Å². The minimum Gasteiger partial charge on any atom is -0.314 e. The Morgan fingerprint density at radius 2 is 2.24 bits per heavy atom. The Bertz CT molecular complexity index is 360. The first-order chi connectivity index (χ1) is 10.3. The van der Waals surface area contributed by atoms with Gasteiger partial charge in [0.05, 0.1) is 0 Å². The maximum absolute atomic E-state index is 3.87. The predicted molar refractivity (Wildman–Crippen MR) is 95.1 cm³/mol. The second-order valence-electron chi connectivity index (χ2n) is 6.73. The molecular formula is C19H33NS. The molecule has 1 aromatic heterocycles. The van der Waals surface area contributed by atoms with Crippen LogP contribution in [-0.2, 0) is 6.42 Å². The van der Waals surface area contributed by atoms with Crippen LogP contribution >= 0.6 is 11.3 Å². The summed E-state index contributed by atoms with van der Waals surface area (Å²) >= 11 is 1.91. The number of hydrogen-bond acceptors (Lipinski definition) is 2. The van der Waals surface area contributed by atoms with E-state index in [0.717, 1.165) is 17.9 Å². The SMILES string of the molecule is CCCNC(CCCc1cccs1)C1CCCC(CC)C1. The Balaban J connectivity index is 1.81. The number of rotatable bonds is 9. The van der Waals surface area contributed by atoms with Crippen LogP contribution in [0, 0.1) is 11.8 Å². The van der Waals surface area contributed by atoms with Crippen LogP contribution in [0.5, 0.6) is 0 Å². The van der Waals surface area contributed by atoms with Gasteiger partial charge in [0.1, 0.15) is 0 Å². The van der Waals surface area contributed by atoms with Gasteiger partial charge in [0.2, 0.25) is 0 Å². The molecule has 1 saturated carbocycles. The quantitative estimate of drug-likeness (QED) is 0.621. The molecule has 1 N–H and O–H groups in total. The molecule has 0 spiro atoms. The molecule has 1 aliphatic rings. The maximum atomic E-state index is 3.87. The molecule has 120 valence electrons. The van der Waals surface area contributed by atoms with Crippen LogP contribution in [0.15, 0.2) is 17.5 Å². The molecule has 1 heterocycles. The third kappa shape index (κ3) is 5.75. The number of thiophene rings is 1. The van der Waals surface area contributed by atoms with Gasteiger partial charge in [0.15, 0.2) is 0 Å². The third-order valence-electron chi connectivity index (χ3n) is 5.14. The minimum absolute atomic E-state index is 0.763. The van der Waals surface area contributed by atoms with E-state index < -0.39 is 0 Å². The first-order valence-electron chi connectivity index (χ1n) is 9.09. The summed E-state index contributed by atoms with van der Waals surface area (Å²) in [6, 6.07) is 5.23. The van der Waals surface area contributed by atoms with E-state index in [9.17, 15) is 0 Å². The van der Waals surface area contributed by atoms with Gasteiger partial charge in [-0.3, -0.25) is 0 Å². The first kappa shape index (κ1) is 17.0. The van der Waals surface area contributed by atoms with E-state index in [2.05, 4.69) is 36.7 Å². The predicted octanol–water partition coefficient (Wildman–Crippen LogP) is 5.66. The van der Waals surface area contributed by atoms with Gasteiger partial charge in [0, 0.05) is 10.9 Å². The summed E-state index contributed by atoms with van der Waals surface area (Å²) < 4.78 is 0. The highest BCUT2D eigenvalue weighted by Gasteiger charge is 2.27. The monoisotopic (exact) mass is 307 g/mol. The van der Waals surface area contributed by atoms with Crippen LogP contribution < -0.4 is 5.32 Å². The van der Waals surface area contributed by atoms with Gasteiger partial charge in [-0.1, -0.05) is 39.2 Å². The van der Waals surface area contributed by atoms with Crippen molar-refractivity contribution in [1.29, 1.82) is 0 Å². The minimum atomic E-state index is 0.763. The molecule has 0 radical (unpaired) electrons. The van der Waals surface area contributed by atoms with Crippen LogP contribution in [0.2, 0.25) is 0 Å². The van der Waals surface area contributed by atoms with E-state index in [1.54, 1.807) is 4.88 Å². The van der Waals surface area contributed by atoms with Gasteiger partial charge < -0.3 is 5.32 Å². The van der Waals surface area contributed by atoms with Crippen molar-refractivity contribution in [3.8, 4) is 0 Å². The van der Waals surface area contributed by atoms with Gasteiger partial charge in [-0.05, 0) is 68.4 Å². The van der Waals surface area contributed by atoms with Gasteiger partial charge in [-0.25, -0.2) is 0 Å². The topological polar surface area (TPSA) is 12.0 Å². The average Bonchev–Trinajstić information content (AvgIpc) is 3.04. The third-order valence-corrected chi connectivity index (χ3v) is 6.08. The zero-order valence-corrected chi connectivity index (χ0v) is 14.8. The van der Waals surface area contributed by atoms with Gasteiger partial charge in [-0.2, -0.15) is 0 Å². The van der Waals surface area contributed by atoms with E-state index in [4.69, 9.17) is 0 Å². The van der Waals surface area contributed by atoms with Crippen molar-refractivity contribution in [3.63, 3.8) is 0 Å². The molecule has 0 aliphatic heterocycles. The van der Waals surface area contributed by atoms with E-state index in [0.29, 0.717) is 0 Å². The molecule has 1 nitrogen and oxygen atoms in total. The lowest BCUT2D eigenvalue weighted by molar-refractivity contribution is 0.200. The highest BCUT2D eigenvalue weighted by Crippen LogP contribution is 2.34. The zero-order chi connectivity index (χ0) is 14.9. The molecule has 1 aromatic rings.